The molecule has 2 heterocycles. The van der Waals surface area contributed by atoms with Gasteiger partial charge in [-0.25, -0.2) is 0 Å². The molecule has 0 aromatic carbocycles. The molecule has 6 heteroatoms. The maximum absolute atomic E-state index is 11.5. The Bertz CT molecular complexity index is 435. The summed E-state index contributed by atoms with van der Waals surface area (Å²) in [6.45, 7) is 0. The minimum atomic E-state index is -0.247. The van der Waals surface area contributed by atoms with Crippen LogP contribution in [0.2, 0.25) is 0 Å². The maximum Gasteiger partial charge on any atom is 0.260 e. The smallest absolute Gasteiger partial charge is 0.260 e. The molecule has 2 aromatic heterocycles. The molecule has 0 bridgehead atoms. The van der Waals surface area contributed by atoms with E-state index in [1.165, 1.54) is 12.5 Å². The first-order valence-electron chi connectivity index (χ1n) is 3.80. The SMILES string of the molecule is O=C(Nc1[nH]ncc1Br)c1ccoc1. The topological polar surface area (TPSA) is 70.9 Å². The highest BCUT2D eigenvalue weighted by atomic mass is 79.9. The van der Waals surface area contributed by atoms with E-state index in [1.54, 1.807) is 12.3 Å². The molecule has 0 unspecified atom stereocenters. The molecule has 14 heavy (non-hydrogen) atoms. The third-order valence-corrected chi connectivity index (χ3v) is 2.22. The molecule has 2 aromatic rings. The van der Waals surface area contributed by atoms with Crippen LogP contribution >= 0.6 is 15.9 Å². The highest BCUT2D eigenvalue weighted by Crippen LogP contribution is 2.18. The van der Waals surface area contributed by atoms with Crippen molar-refractivity contribution in [1.82, 2.24) is 10.2 Å². The summed E-state index contributed by atoms with van der Waals surface area (Å²) >= 11 is 3.23. The fourth-order valence-electron chi connectivity index (χ4n) is 0.938. The Morgan fingerprint density at radius 2 is 2.50 bits per heavy atom. The Balaban J connectivity index is 2.13. The van der Waals surface area contributed by atoms with Gasteiger partial charge < -0.3 is 9.73 Å². The fourth-order valence-corrected chi connectivity index (χ4v) is 1.23. The number of rotatable bonds is 2. The lowest BCUT2D eigenvalue weighted by atomic mass is 10.3. The quantitative estimate of drug-likeness (QED) is 0.863. The van der Waals surface area contributed by atoms with Gasteiger partial charge in [0.1, 0.15) is 12.1 Å². The number of H-pyrrole nitrogens is 1. The van der Waals surface area contributed by atoms with Crippen molar-refractivity contribution in [3.63, 3.8) is 0 Å². The summed E-state index contributed by atoms with van der Waals surface area (Å²) < 4.78 is 5.49. The van der Waals surface area contributed by atoms with Gasteiger partial charge in [-0.1, -0.05) is 0 Å². The van der Waals surface area contributed by atoms with Gasteiger partial charge in [0.2, 0.25) is 0 Å². The van der Waals surface area contributed by atoms with E-state index in [1.807, 2.05) is 0 Å². The Labute approximate surface area is 87.6 Å². The largest absolute Gasteiger partial charge is 0.472 e. The summed E-state index contributed by atoms with van der Waals surface area (Å²) in [6.07, 6.45) is 4.38. The second kappa shape index (κ2) is 3.67. The summed E-state index contributed by atoms with van der Waals surface area (Å²) in [5, 5.41) is 9.01. The number of halogens is 1. The van der Waals surface area contributed by atoms with Gasteiger partial charge >= 0.3 is 0 Å². The van der Waals surface area contributed by atoms with Crippen LogP contribution in [0, 0.1) is 0 Å². The number of nitrogens with zero attached hydrogens (tertiary/aromatic N) is 1. The zero-order valence-electron chi connectivity index (χ0n) is 6.95. The van der Waals surface area contributed by atoms with E-state index in [0.29, 0.717) is 15.9 Å². The second-order valence-electron chi connectivity index (χ2n) is 2.56. The van der Waals surface area contributed by atoms with E-state index in [-0.39, 0.29) is 5.91 Å². The maximum atomic E-state index is 11.5. The first-order chi connectivity index (χ1) is 6.77. The van der Waals surface area contributed by atoms with Crippen molar-refractivity contribution >= 4 is 27.7 Å². The number of furan rings is 1. The van der Waals surface area contributed by atoms with Crippen LogP contribution in [0.5, 0.6) is 0 Å². The van der Waals surface area contributed by atoms with E-state index >= 15 is 0 Å². The van der Waals surface area contributed by atoms with Crippen molar-refractivity contribution in [3.05, 3.63) is 34.8 Å². The molecule has 0 aliphatic carbocycles. The highest BCUT2D eigenvalue weighted by Gasteiger charge is 2.09. The van der Waals surface area contributed by atoms with Gasteiger partial charge in [-0.2, -0.15) is 5.10 Å². The van der Waals surface area contributed by atoms with Crippen LogP contribution in [0.1, 0.15) is 10.4 Å². The van der Waals surface area contributed by atoms with Gasteiger partial charge in [0.25, 0.3) is 5.91 Å². The van der Waals surface area contributed by atoms with E-state index in [4.69, 9.17) is 4.42 Å². The third kappa shape index (κ3) is 1.69. The zero-order valence-corrected chi connectivity index (χ0v) is 8.54. The molecule has 2 N–H and O–H groups in total. The van der Waals surface area contributed by atoms with Crippen molar-refractivity contribution in [2.24, 2.45) is 0 Å². The molecule has 72 valence electrons. The average molecular weight is 256 g/mol. The van der Waals surface area contributed by atoms with Crippen LogP contribution in [-0.2, 0) is 0 Å². The number of hydrogen-bond donors (Lipinski definition) is 2. The molecule has 0 fully saturated rings. The van der Waals surface area contributed by atoms with Gasteiger partial charge in [-0.15, -0.1) is 0 Å². The first-order valence-corrected chi connectivity index (χ1v) is 4.59. The summed E-state index contributed by atoms with van der Waals surface area (Å²) in [6, 6.07) is 1.58. The predicted molar refractivity (Wildman–Crippen MR) is 52.9 cm³/mol. The molecular formula is C8H6BrN3O2. The van der Waals surface area contributed by atoms with Gasteiger partial charge in [-0.05, 0) is 22.0 Å². The number of hydrogen-bond acceptors (Lipinski definition) is 3. The second-order valence-corrected chi connectivity index (χ2v) is 3.41. The Hall–Kier alpha value is -1.56. The lowest BCUT2D eigenvalue weighted by Gasteiger charge is -1.99. The van der Waals surface area contributed by atoms with Crippen LogP contribution in [-0.4, -0.2) is 16.1 Å². The van der Waals surface area contributed by atoms with E-state index in [9.17, 15) is 4.79 Å². The third-order valence-electron chi connectivity index (χ3n) is 1.61. The molecule has 1 amide bonds. The van der Waals surface area contributed by atoms with Crippen LogP contribution in [0.4, 0.5) is 5.82 Å². The zero-order chi connectivity index (χ0) is 9.97. The van der Waals surface area contributed by atoms with Gasteiger partial charge in [0.15, 0.2) is 0 Å². The van der Waals surface area contributed by atoms with Gasteiger partial charge in [-0.3, -0.25) is 9.89 Å². The monoisotopic (exact) mass is 255 g/mol. The highest BCUT2D eigenvalue weighted by molar-refractivity contribution is 9.10. The van der Waals surface area contributed by atoms with E-state index < -0.39 is 0 Å². The van der Waals surface area contributed by atoms with Crippen molar-refractivity contribution in [3.8, 4) is 0 Å². The Kier molecular flexibility index (Phi) is 2.36. The lowest BCUT2D eigenvalue weighted by molar-refractivity contribution is 0.102. The van der Waals surface area contributed by atoms with E-state index in [0.717, 1.165) is 0 Å². The summed E-state index contributed by atoms with van der Waals surface area (Å²) in [4.78, 5) is 11.5. The summed E-state index contributed by atoms with van der Waals surface area (Å²) in [7, 11) is 0. The van der Waals surface area contributed by atoms with Crippen LogP contribution in [0.15, 0.2) is 33.7 Å². The Morgan fingerprint density at radius 1 is 1.64 bits per heavy atom. The number of aromatic nitrogens is 2. The number of carbonyl (C=O) groups is 1. The predicted octanol–water partition coefficient (Wildman–Crippen LogP) is 2.02. The first kappa shape index (κ1) is 9.01. The van der Waals surface area contributed by atoms with E-state index in [2.05, 4.69) is 31.4 Å². The minimum Gasteiger partial charge on any atom is -0.472 e. The summed E-state index contributed by atoms with van der Waals surface area (Å²) in [5.41, 5.74) is 0.464. The molecule has 5 nitrogen and oxygen atoms in total. The number of aromatic amines is 1. The molecular weight excluding hydrogens is 250 g/mol. The molecule has 0 radical (unpaired) electrons. The molecule has 0 atom stereocenters. The Morgan fingerprint density at radius 3 is 3.07 bits per heavy atom. The molecule has 0 aliphatic rings. The average Bonchev–Trinajstić information content (AvgIpc) is 2.77. The minimum absolute atomic E-state index is 0.247. The van der Waals surface area contributed by atoms with Crippen molar-refractivity contribution in [1.29, 1.82) is 0 Å². The van der Waals surface area contributed by atoms with Crippen LogP contribution in [0.3, 0.4) is 0 Å². The van der Waals surface area contributed by atoms with Crippen molar-refractivity contribution in [2.75, 3.05) is 5.32 Å². The van der Waals surface area contributed by atoms with Gasteiger partial charge in [0, 0.05) is 0 Å². The van der Waals surface area contributed by atoms with Gasteiger partial charge in [0.05, 0.1) is 22.5 Å². The van der Waals surface area contributed by atoms with Crippen LogP contribution in [0.25, 0.3) is 0 Å². The number of anilines is 1. The molecule has 0 aliphatic heterocycles. The standard InChI is InChI=1S/C8H6BrN3O2/c9-6-3-10-12-7(6)11-8(13)5-1-2-14-4-5/h1-4H,(H2,10,11,12,13). The number of carbonyl (C=O) groups excluding carboxylic acids is 1. The lowest BCUT2D eigenvalue weighted by Crippen LogP contribution is -2.11. The van der Waals surface area contributed by atoms with Crippen molar-refractivity contribution in [2.45, 2.75) is 0 Å². The molecule has 0 saturated carbocycles. The molecule has 0 saturated heterocycles. The normalized spacial score (nSPS) is 10.1. The number of nitrogens with one attached hydrogen (secondary N) is 2. The summed E-state index contributed by atoms with van der Waals surface area (Å²) in [5.74, 6) is 0.278. The molecule has 2 rings (SSSR count). The molecule has 0 spiro atoms. The van der Waals surface area contributed by atoms with Crippen LogP contribution < -0.4 is 5.32 Å². The fraction of sp³-hybridized carbons (Fsp3) is 0. The number of amides is 1. The van der Waals surface area contributed by atoms with Crippen molar-refractivity contribution < 1.29 is 9.21 Å².